The lowest BCUT2D eigenvalue weighted by atomic mass is 10.1. The second kappa shape index (κ2) is 6.35. The lowest BCUT2D eigenvalue weighted by Crippen LogP contribution is -1.94. The highest BCUT2D eigenvalue weighted by atomic mass is 19.1. The normalized spacial score (nSPS) is 10.3. The van der Waals surface area contributed by atoms with Crippen molar-refractivity contribution in [1.29, 1.82) is 5.26 Å². The van der Waals surface area contributed by atoms with E-state index >= 15 is 0 Å². The first-order valence-corrected chi connectivity index (χ1v) is 5.98. The Hall–Kier alpha value is -3.13. The van der Waals surface area contributed by atoms with Gasteiger partial charge in [0, 0.05) is 6.08 Å². The molecule has 4 nitrogen and oxygen atoms in total. The molecule has 0 saturated carbocycles. The first-order valence-electron chi connectivity index (χ1n) is 5.98. The highest BCUT2D eigenvalue weighted by molar-refractivity contribution is 5.86. The molecule has 2 aromatic carbocycles. The number of nitriles is 1. The number of carboxylic acid groups (broad SMARTS) is 1. The van der Waals surface area contributed by atoms with Crippen molar-refractivity contribution in [3.8, 4) is 17.6 Å². The SMILES string of the molecule is N#Cc1ccccc1Oc1cccc(F)c1/C=C/C(=O)O. The Morgan fingerprint density at radius 3 is 2.62 bits per heavy atom. The minimum Gasteiger partial charge on any atom is -0.478 e. The van der Waals surface area contributed by atoms with Crippen molar-refractivity contribution in [3.05, 3.63) is 65.5 Å². The summed E-state index contributed by atoms with van der Waals surface area (Å²) in [4.78, 5) is 10.6. The van der Waals surface area contributed by atoms with E-state index in [0.29, 0.717) is 5.56 Å². The largest absolute Gasteiger partial charge is 0.478 e. The molecule has 0 aromatic heterocycles. The van der Waals surface area contributed by atoms with Gasteiger partial charge in [-0.15, -0.1) is 0 Å². The molecule has 0 aliphatic carbocycles. The predicted molar refractivity (Wildman–Crippen MR) is 74.3 cm³/mol. The maximum atomic E-state index is 13.8. The summed E-state index contributed by atoms with van der Waals surface area (Å²) in [5.74, 6) is -1.40. The molecular formula is C16H10FNO3. The van der Waals surface area contributed by atoms with Crippen molar-refractivity contribution in [1.82, 2.24) is 0 Å². The highest BCUT2D eigenvalue weighted by Crippen LogP contribution is 2.30. The number of benzene rings is 2. The molecule has 0 heterocycles. The summed E-state index contributed by atoms with van der Waals surface area (Å²) < 4.78 is 19.3. The molecule has 21 heavy (non-hydrogen) atoms. The van der Waals surface area contributed by atoms with E-state index in [9.17, 15) is 9.18 Å². The van der Waals surface area contributed by atoms with Crippen LogP contribution in [0.3, 0.4) is 0 Å². The van der Waals surface area contributed by atoms with E-state index in [4.69, 9.17) is 15.1 Å². The van der Waals surface area contributed by atoms with Crippen LogP contribution < -0.4 is 4.74 Å². The van der Waals surface area contributed by atoms with E-state index in [1.807, 2.05) is 6.07 Å². The zero-order chi connectivity index (χ0) is 15.2. The lowest BCUT2D eigenvalue weighted by molar-refractivity contribution is -0.131. The van der Waals surface area contributed by atoms with Crippen molar-refractivity contribution in [2.75, 3.05) is 0 Å². The molecule has 0 radical (unpaired) electrons. The molecule has 0 bridgehead atoms. The second-order valence-electron chi connectivity index (χ2n) is 4.03. The van der Waals surface area contributed by atoms with Gasteiger partial charge >= 0.3 is 5.97 Å². The Balaban J connectivity index is 2.43. The van der Waals surface area contributed by atoms with Crippen LogP contribution in [0.2, 0.25) is 0 Å². The smallest absolute Gasteiger partial charge is 0.328 e. The number of hydrogen-bond acceptors (Lipinski definition) is 3. The standard InChI is InChI=1S/C16H10FNO3/c17-13-5-3-7-15(12(13)8-9-16(19)20)21-14-6-2-1-4-11(14)10-18/h1-9H,(H,19,20)/b9-8+. The number of rotatable bonds is 4. The summed E-state index contributed by atoms with van der Waals surface area (Å²) >= 11 is 0. The minimum absolute atomic E-state index is 0.00708. The van der Waals surface area contributed by atoms with Crippen LogP contribution >= 0.6 is 0 Å². The molecule has 2 aromatic rings. The summed E-state index contributed by atoms with van der Waals surface area (Å²) in [6.45, 7) is 0. The quantitative estimate of drug-likeness (QED) is 0.870. The van der Waals surface area contributed by atoms with Crippen LogP contribution in [-0.2, 0) is 4.79 Å². The first kappa shape index (κ1) is 14.3. The summed E-state index contributed by atoms with van der Waals surface area (Å²) in [6, 6.07) is 12.6. The van der Waals surface area contributed by atoms with E-state index in [-0.39, 0.29) is 17.1 Å². The van der Waals surface area contributed by atoms with Gasteiger partial charge in [0.2, 0.25) is 0 Å². The van der Waals surface area contributed by atoms with Gasteiger partial charge in [-0.3, -0.25) is 0 Å². The van der Waals surface area contributed by atoms with Crippen molar-refractivity contribution in [2.24, 2.45) is 0 Å². The molecule has 1 N–H and O–H groups in total. The Bertz CT molecular complexity index is 747. The van der Waals surface area contributed by atoms with Gasteiger partial charge in [0.15, 0.2) is 0 Å². The van der Waals surface area contributed by atoms with Crippen LogP contribution in [-0.4, -0.2) is 11.1 Å². The van der Waals surface area contributed by atoms with Gasteiger partial charge in [-0.25, -0.2) is 9.18 Å². The number of carboxylic acids is 1. The number of ether oxygens (including phenoxy) is 1. The van der Waals surface area contributed by atoms with Crippen molar-refractivity contribution >= 4 is 12.0 Å². The summed E-state index contributed by atoms with van der Waals surface area (Å²) in [5.41, 5.74) is 0.308. The van der Waals surface area contributed by atoms with E-state index in [1.54, 1.807) is 24.3 Å². The van der Waals surface area contributed by atoms with E-state index < -0.39 is 11.8 Å². The molecule has 0 aliphatic rings. The minimum atomic E-state index is -1.19. The predicted octanol–water partition coefficient (Wildman–Crippen LogP) is 3.59. The molecule has 0 unspecified atom stereocenters. The number of aliphatic carboxylic acids is 1. The Labute approximate surface area is 120 Å². The van der Waals surface area contributed by atoms with E-state index in [1.165, 1.54) is 18.2 Å². The van der Waals surface area contributed by atoms with E-state index in [0.717, 1.165) is 12.2 Å². The molecule has 0 amide bonds. The van der Waals surface area contributed by atoms with Crippen LogP contribution in [0, 0.1) is 17.1 Å². The Morgan fingerprint density at radius 2 is 1.90 bits per heavy atom. The van der Waals surface area contributed by atoms with Gasteiger partial charge in [0.1, 0.15) is 23.4 Å². The Kier molecular flexibility index (Phi) is 4.32. The number of hydrogen-bond donors (Lipinski definition) is 1. The number of para-hydroxylation sites is 1. The zero-order valence-electron chi connectivity index (χ0n) is 10.8. The fraction of sp³-hybridized carbons (Fsp3) is 0. The monoisotopic (exact) mass is 283 g/mol. The first-order chi connectivity index (χ1) is 10.1. The molecule has 0 atom stereocenters. The third kappa shape index (κ3) is 3.45. The zero-order valence-corrected chi connectivity index (χ0v) is 10.8. The van der Waals surface area contributed by atoms with Crippen LogP contribution in [0.5, 0.6) is 11.5 Å². The average molecular weight is 283 g/mol. The third-order valence-corrected chi connectivity index (χ3v) is 2.63. The van der Waals surface area contributed by atoms with Gasteiger partial charge in [0.25, 0.3) is 0 Å². The Morgan fingerprint density at radius 1 is 1.19 bits per heavy atom. The van der Waals surface area contributed by atoms with Gasteiger partial charge in [-0.2, -0.15) is 5.26 Å². The van der Waals surface area contributed by atoms with Crippen LogP contribution in [0.4, 0.5) is 4.39 Å². The topological polar surface area (TPSA) is 70.3 Å². The summed E-state index contributed by atoms with van der Waals surface area (Å²) in [7, 11) is 0. The molecule has 0 fully saturated rings. The molecular weight excluding hydrogens is 273 g/mol. The van der Waals surface area contributed by atoms with Crippen molar-refractivity contribution < 1.29 is 19.0 Å². The lowest BCUT2D eigenvalue weighted by Gasteiger charge is -2.10. The molecule has 5 heteroatoms. The van der Waals surface area contributed by atoms with Crippen LogP contribution in [0.15, 0.2) is 48.5 Å². The van der Waals surface area contributed by atoms with Crippen LogP contribution in [0.25, 0.3) is 6.08 Å². The fourth-order valence-electron chi connectivity index (χ4n) is 1.69. The molecule has 0 aliphatic heterocycles. The molecule has 0 saturated heterocycles. The highest BCUT2D eigenvalue weighted by Gasteiger charge is 2.10. The van der Waals surface area contributed by atoms with Crippen molar-refractivity contribution in [3.63, 3.8) is 0 Å². The molecule has 2 rings (SSSR count). The third-order valence-electron chi connectivity index (χ3n) is 2.63. The van der Waals surface area contributed by atoms with E-state index in [2.05, 4.69) is 0 Å². The summed E-state index contributed by atoms with van der Waals surface area (Å²) in [6.07, 6.45) is 1.93. The van der Waals surface area contributed by atoms with Gasteiger partial charge in [-0.1, -0.05) is 18.2 Å². The van der Waals surface area contributed by atoms with Gasteiger partial charge in [0.05, 0.1) is 11.1 Å². The fourth-order valence-corrected chi connectivity index (χ4v) is 1.69. The summed E-state index contributed by atoms with van der Waals surface area (Å²) in [5, 5.41) is 17.6. The number of nitrogens with zero attached hydrogens (tertiary/aromatic N) is 1. The van der Waals surface area contributed by atoms with Gasteiger partial charge < -0.3 is 9.84 Å². The maximum absolute atomic E-state index is 13.8. The number of halogens is 1. The number of carbonyl (C=O) groups is 1. The van der Waals surface area contributed by atoms with Crippen molar-refractivity contribution in [2.45, 2.75) is 0 Å². The van der Waals surface area contributed by atoms with Crippen LogP contribution in [0.1, 0.15) is 11.1 Å². The average Bonchev–Trinajstić information content (AvgIpc) is 2.47. The van der Waals surface area contributed by atoms with Gasteiger partial charge in [-0.05, 0) is 30.3 Å². The second-order valence-corrected chi connectivity index (χ2v) is 4.03. The molecule has 104 valence electrons. The molecule has 0 spiro atoms. The maximum Gasteiger partial charge on any atom is 0.328 e.